The lowest BCUT2D eigenvalue weighted by atomic mass is 10.1. The molecule has 0 spiro atoms. The van der Waals surface area contributed by atoms with E-state index in [9.17, 15) is 4.79 Å². The van der Waals surface area contributed by atoms with Crippen molar-refractivity contribution in [3.8, 4) is 11.5 Å². The zero-order valence-corrected chi connectivity index (χ0v) is 18.0. The van der Waals surface area contributed by atoms with Crippen LogP contribution in [0.5, 0.6) is 11.5 Å². The predicted octanol–water partition coefficient (Wildman–Crippen LogP) is 4.50. The molecule has 0 fully saturated rings. The van der Waals surface area contributed by atoms with Crippen LogP contribution in [0, 0.1) is 13.8 Å². The molecular weight excluding hydrogens is 416 g/mol. The number of hydrogen-bond donors (Lipinski definition) is 1. The molecule has 4 aromatic rings. The summed E-state index contributed by atoms with van der Waals surface area (Å²) in [6, 6.07) is 11.3. The van der Waals surface area contributed by atoms with Gasteiger partial charge in [0.25, 0.3) is 0 Å². The SMILES string of the molecule is Cc1nc2c3ccccc3nn2c(C)c1CCC(=O)Nc1cc2c(cc1Cl)OCCO2. The van der Waals surface area contributed by atoms with Gasteiger partial charge in [0.2, 0.25) is 5.91 Å². The molecule has 158 valence electrons. The van der Waals surface area contributed by atoms with Gasteiger partial charge in [-0.15, -0.1) is 0 Å². The summed E-state index contributed by atoms with van der Waals surface area (Å²) < 4.78 is 13.0. The summed E-state index contributed by atoms with van der Waals surface area (Å²) >= 11 is 6.31. The van der Waals surface area contributed by atoms with Crippen LogP contribution in [0.3, 0.4) is 0 Å². The minimum atomic E-state index is -0.136. The molecule has 31 heavy (non-hydrogen) atoms. The summed E-state index contributed by atoms with van der Waals surface area (Å²) in [5.74, 6) is 1.03. The molecule has 0 unspecified atom stereocenters. The third-order valence-electron chi connectivity index (χ3n) is 5.53. The molecule has 0 radical (unpaired) electrons. The van der Waals surface area contributed by atoms with Crippen LogP contribution in [0.1, 0.15) is 23.4 Å². The van der Waals surface area contributed by atoms with Crippen LogP contribution in [0.15, 0.2) is 36.4 Å². The first-order chi connectivity index (χ1) is 15.0. The van der Waals surface area contributed by atoms with Crippen molar-refractivity contribution in [2.45, 2.75) is 26.7 Å². The van der Waals surface area contributed by atoms with Gasteiger partial charge >= 0.3 is 0 Å². The number of fused-ring (bicyclic) bond motifs is 4. The van der Waals surface area contributed by atoms with Gasteiger partial charge in [-0.3, -0.25) is 4.79 Å². The average molecular weight is 437 g/mol. The minimum absolute atomic E-state index is 0.136. The Labute approximate surface area is 183 Å². The second kappa shape index (κ2) is 7.74. The summed E-state index contributed by atoms with van der Waals surface area (Å²) in [5.41, 5.74) is 5.16. The molecule has 7 nitrogen and oxygen atoms in total. The number of aryl methyl sites for hydroxylation is 2. The molecule has 8 heteroatoms. The molecular formula is C23H21ClN4O3. The first-order valence-corrected chi connectivity index (χ1v) is 10.5. The maximum atomic E-state index is 12.6. The fraction of sp³-hybridized carbons (Fsp3) is 0.261. The normalized spacial score (nSPS) is 13.0. The second-order valence-corrected chi connectivity index (χ2v) is 7.94. The molecule has 0 saturated heterocycles. The number of hydrogen-bond acceptors (Lipinski definition) is 5. The highest BCUT2D eigenvalue weighted by Crippen LogP contribution is 2.38. The Balaban J connectivity index is 1.36. The largest absolute Gasteiger partial charge is 0.486 e. The van der Waals surface area contributed by atoms with E-state index in [-0.39, 0.29) is 5.91 Å². The molecule has 0 bridgehead atoms. The summed E-state index contributed by atoms with van der Waals surface area (Å²) in [4.78, 5) is 17.4. The molecule has 1 N–H and O–H groups in total. The molecule has 2 aromatic heterocycles. The maximum absolute atomic E-state index is 12.6. The standard InChI is InChI=1S/C23H21ClN4O3/c1-13-15(14(2)28-23(25-13)16-5-3-4-6-18(16)27-28)7-8-22(29)26-19-12-21-20(11-17(19)24)30-9-10-31-21/h3-6,11-12H,7-10H2,1-2H3,(H,26,29). The van der Waals surface area contributed by atoms with Crippen LogP contribution in [-0.2, 0) is 11.2 Å². The van der Waals surface area contributed by atoms with Crippen molar-refractivity contribution in [2.75, 3.05) is 18.5 Å². The Morgan fingerprint density at radius 2 is 1.90 bits per heavy atom. The number of ether oxygens (including phenoxy) is 2. The van der Waals surface area contributed by atoms with Crippen molar-refractivity contribution in [3.63, 3.8) is 0 Å². The molecule has 1 amide bonds. The number of anilines is 1. The van der Waals surface area contributed by atoms with Crippen molar-refractivity contribution in [1.29, 1.82) is 0 Å². The summed E-state index contributed by atoms with van der Waals surface area (Å²) in [6.45, 7) is 4.94. The van der Waals surface area contributed by atoms with Crippen LogP contribution >= 0.6 is 11.6 Å². The molecule has 0 saturated carbocycles. The fourth-order valence-electron chi connectivity index (χ4n) is 3.95. The van der Waals surface area contributed by atoms with E-state index in [1.165, 1.54) is 0 Å². The minimum Gasteiger partial charge on any atom is -0.486 e. The smallest absolute Gasteiger partial charge is 0.224 e. The number of carbonyl (C=O) groups is 1. The number of nitrogens with one attached hydrogen (secondary N) is 1. The summed E-state index contributed by atoms with van der Waals surface area (Å²) in [5, 5.41) is 8.99. The molecule has 1 aliphatic heterocycles. The molecule has 0 atom stereocenters. The van der Waals surface area contributed by atoms with E-state index in [0.717, 1.165) is 33.5 Å². The summed E-state index contributed by atoms with van der Waals surface area (Å²) in [7, 11) is 0. The lowest BCUT2D eigenvalue weighted by molar-refractivity contribution is -0.116. The van der Waals surface area contributed by atoms with E-state index >= 15 is 0 Å². The van der Waals surface area contributed by atoms with Crippen molar-refractivity contribution in [3.05, 3.63) is 58.4 Å². The molecule has 0 aliphatic carbocycles. The average Bonchev–Trinajstić information content (AvgIpc) is 3.13. The van der Waals surface area contributed by atoms with Gasteiger partial charge in [0.05, 0.1) is 16.2 Å². The number of benzene rings is 2. The molecule has 3 heterocycles. The number of rotatable bonds is 4. The Kier molecular flexibility index (Phi) is 4.90. The van der Waals surface area contributed by atoms with Crippen molar-refractivity contribution in [2.24, 2.45) is 0 Å². The highest BCUT2D eigenvalue weighted by molar-refractivity contribution is 6.34. The van der Waals surface area contributed by atoms with Crippen molar-refractivity contribution >= 4 is 39.7 Å². The van der Waals surface area contributed by atoms with E-state index in [4.69, 9.17) is 26.1 Å². The van der Waals surface area contributed by atoms with Gasteiger partial charge in [0.1, 0.15) is 13.2 Å². The second-order valence-electron chi connectivity index (χ2n) is 7.54. The Bertz CT molecular complexity index is 1330. The van der Waals surface area contributed by atoms with E-state index in [1.807, 2.05) is 42.6 Å². The highest BCUT2D eigenvalue weighted by Gasteiger charge is 2.18. The van der Waals surface area contributed by atoms with Crippen LogP contribution in [0.2, 0.25) is 5.02 Å². The first-order valence-electron chi connectivity index (χ1n) is 10.1. The maximum Gasteiger partial charge on any atom is 0.224 e. The Morgan fingerprint density at radius 1 is 1.16 bits per heavy atom. The monoisotopic (exact) mass is 436 g/mol. The third-order valence-corrected chi connectivity index (χ3v) is 5.84. The van der Waals surface area contributed by atoms with Crippen molar-refractivity contribution < 1.29 is 14.3 Å². The van der Waals surface area contributed by atoms with Crippen LogP contribution in [-0.4, -0.2) is 33.7 Å². The number of halogens is 1. The Hall–Kier alpha value is -3.32. The van der Waals surface area contributed by atoms with Crippen LogP contribution in [0.25, 0.3) is 16.6 Å². The number of nitrogens with zero attached hydrogens (tertiary/aromatic N) is 3. The van der Waals surface area contributed by atoms with Gasteiger partial charge in [-0.05, 0) is 38.0 Å². The van der Waals surface area contributed by atoms with Gasteiger partial charge in [0.15, 0.2) is 17.1 Å². The van der Waals surface area contributed by atoms with Crippen LogP contribution < -0.4 is 14.8 Å². The zero-order valence-electron chi connectivity index (χ0n) is 17.2. The molecule has 5 rings (SSSR count). The van der Waals surface area contributed by atoms with Gasteiger partial charge < -0.3 is 14.8 Å². The number of carbonyl (C=O) groups excluding carboxylic acids is 1. The third kappa shape index (κ3) is 3.55. The van der Waals surface area contributed by atoms with E-state index in [0.29, 0.717) is 48.3 Å². The highest BCUT2D eigenvalue weighted by atomic mass is 35.5. The topological polar surface area (TPSA) is 77.8 Å². The molecule has 2 aromatic carbocycles. The summed E-state index contributed by atoms with van der Waals surface area (Å²) in [6.07, 6.45) is 0.839. The van der Waals surface area contributed by atoms with Crippen molar-refractivity contribution in [1.82, 2.24) is 14.6 Å². The van der Waals surface area contributed by atoms with Gasteiger partial charge in [0, 0.05) is 35.3 Å². The fourth-order valence-corrected chi connectivity index (χ4v) is 4.15. The van der Waals surface area contributed by atoms with Gasteiger partial charge in [-0.2, -0.15) is 5.10 Å². The first kappa shape index (κ1) is 19.6. The number of amides is 1. The van der Waals surface area contributed by atoms with Crippen LogP contribution in [0.4, 0.5) is 5.69 Å². The van der Waals surface area contributed by atoms with Gasteiger partial charge in [-0.1, -0.05) is 23.7 Å². The lowest BCUT2D eigenvalue weighted by Crippen LogP contribution is -2.17. The molecule has 1 aliphatic rings. The van der Waals surface area contributed by atoms with E-state index in [2.05, 4.69) is 10.4 Å². The zero-order chi connectivity index (χ0) is 21.5. The van der Waals surface area contributed by atoms with Gasteiger partial charge in [-0.25, -0.2) is 9.50 Å². The lowest BCUT2D eigenvalue weighted by Gasteiger charge is -2.20. The quantitative estimate of drug-likeness (QED) is 0.509. The van der Waals surface area contributed by atoms with E-state index in [1.54, 1.807) is 12.1 Å². The van der Waals surface area contributed by atoms with E-state index < -0.39 is 0 Å². The number of aromatic nitrogens is 3. The Morgan fingerprint density at radius 3 is 2.71 bits per heavy atom. The predicted molar refractivity (Wildman–Crippen MR) is 119 cm³/mol.